The number of carboxylic acids is 1. The molecule has 0 spiro atoms. The van der Waals surface area contributed by atoms with Crippen LogP contribution in [0.3, 0.4) is 0 Å². The highest BCUT2D eigenvalue weighted by atomic mass is 16.6. The largest absolute Gasteiger partial charge is 0.478 e. The van der Waals surface area contributed by atoms with E-state index < -0.39 is 16.8 Å². The Balaban J connectivity index is 1.82. The molecule has 0 aliphatic rings. The number of hydrogen-bond acceptors (Lipinski definition) is 6. The van der Waals surface area contributed by atoms with Crippen LogP contribution in [-0.2, 0) is 4.79 Å². The Hall–Kier alpha value is -4.71. The summed E-state index contributed by atoms with van der Waals surface area (Å²) in [5.41, 5.74) is 0.178. The quantitative estimate of drug-likeness (QED) is 0.272. The zero-order chi connectivity index (χ0) is 21.7. The maximum atomic E-state index is 12.4. The van der Waals surface area contributed by atoms with Crippen LogP contribution in [0.5, 0.6) is 0 Å². The predicted molar refractivity (Wildman–Crippen MR) is 106 cm³/mol. The van der Waals surface area contributed by atoms with E-state index in [1.165, 1.54) is 54.6 Å². The van der Waals surface area contributed by atoms with Gasteiger partial charge in [-0.15, -0.1) is 0 Å². The van der Waals surface area contributed by atoms with E-state index in [0.29, 0.717) is 11.3 Å². The van der Waals surface area contributed by atoms with Crippen LogP contribution in [0.15, 0.2) is 70.7 Å². The number of nitro benzene ring substituents is 1. The number of hydrogen-bond donors (Lipinski definition) is 2. The highest BCUT2D eigenvalue weighted by Gasteiger charge is 2.16. The Morgan fingerprint density at radius 2 is 1.80 bits per heavy atom. The van der Waals surface area contributed by atoms with E-state index in [9.17, 15) is 30.1 Å². The summed E-state index contributed by atoms with van der Waals surface area (Å²) in [6, 6.07) is 16.4. The Kier molecular flexibility index (Phi) is 5.70. The van der Waals surface area contributed by atoms with Gasteiger partial charge in [-0.3, -0.25) is 14.9 Å². The Labute approximate surface area is 169 Å². The fourth-order valence-electron chi connectivity index (χ4n) is 2.59. The molecule has 2 aromatic carbocycles. The molecule has 2 N–H and O–H groups in total. The number of rotatable bonds is 6. The van der Waals surface area contributed by atoms with E-state index in [1.807, 2.05) is 0 Å². The molecule has 0 saturated carbocycles. The van der Waals surface area contributed by atoms with Gasteiger partial charge in [0, 0.05) is 23.8 Å². The third-order valence-electron chi connectivity index (χ3n) is 4.05. The van der Waals surface area contributed by atoms with Gasteiger partial charge in [0.2, 0.25) is 0 Å². The molecule has 3 aromatic rings. The zero-order valence-electron chi connectivity index (χ0n) is 15.2. The van der Waals surface area contributed by atoms with Crippen LogP contribution >= 0.6 is 0 Å². The zero-order valence-corrected chi connectivity index (χ0v) is 15.2. The van der Waals surface area contributed by atoms with E-state index in [4.69, 9.17) is 4.42 Å². The van der Waals surface area contributed by atoms with Crippen LogP contribution in [0.4, 0.5) is 11.4 Å². The molecule has 148 valence electrons. The Morgan fingerprint density at radius 1 is 1.10 bits per heavy atom. The topological polar surface area (TPSA) is 146 Å². The number of benzene rings is 2. The smallest absolute Gasteiger partial charge is 0.337 e. The molecule has 1 heterocycles. The number of para-hydroxylation sites is 1. The number of nitrogens with zero attached hydrogens (tertiary/aromatic N) is 2. The van der Waals surface area contributed by atoms with Crippen LogP contribution < -0.4 is 5.32 Å². The monoisotopic (exact) mass is 403 g/mol. The predicted octanol–water partition coefficient (Wildman–Crippen LogP) is 4.10. The van der Waals surface area contributed by atoms with Crippen molar-refractivity contribution in [1.29, 1.82) is 5.26 Å². The summed E-state index contributed by atoms with van der Waals surface area (Å²) in [5.74, 6) is -1.40. The van der Waals surface area contributed by atoms with Crippen LogP contribution in [-0.4, -0.2) is 21.9 Å². The van der Waals surface area contributed by atoms with Gasteiger partial charge in [-0.05, 0) is 36.4 Å². The van der Waals surface area contributed by atoms with Crippen LogP contribution in [0, 0.1) is 21.4 Å². The molecule has 1 aromatic heterocycles. The number of anilines is 1. The summed E-state index contributed by atoms with van der Waals surface area (Å²) in [6.45, 7) is 0. The Morgan fingerprint density at radius 3 is 2.43 bits per heavy atom. The third-order valence-corrected chi connectivity index (χ3v) is 4.05. The molecular weight excluding hydrogens is 390 g/mol. The number of nitriles is 1. The normalized spacial score (nSPS) is 10.8. The van der Waals surface area contributed by atoms with Gasteiger partial charge in [-0.1, -0.05) is 12.1 Å². The fraction of sp³-hybridized carbons (Fsp3) is 0. The molecule has 3 rings (SSSR count). The van der Waals surface area contributed by atoms with Crippen molar-refractivity contribution in [3.63, 3.8) is 0 Å². The second-order valence-corrected chi connectivity index (χ2v) is 5.98. The van der Waals surface area contributed by atoms with E-state index in [1.54, 1.807) is 18.2 Å². The molecule has 0 aliphatic heterocycles. The highest BCUT2D eigenvalue weighted by molar-refractivity contribution is 6.11. The maximum absolute atomic E-state index is 12.4. The van der Waals surface area contributed by atoms with Gasteiger partial charge in [-0.2, -0.15) is 5.26 Å². The molecule has 0 bridgehead atoms. The number of aromatic carboxylic acids is 1. The molecule has 0 atom stereocenters. The SMILES string of the molecule is N#C/C(=C\c1ccc(-c2ccc([N+](=O)[O-])cc2)o1)C(=O)Nc1ccccc1C(=O)O. The second-order valence-electron chi connectivity index (χ2n) is 5.98. The van der Waals surface area contributed by atoms with Crippen molar-refractivity contribution in [3.8, 4) is 17.4 Å². The third kappa shape index (κ3) is 4.40. The first-order valence-corrected chi connectivity index (χ1v) is 8.49. The number of nitrogens with one attached hydrogen (secondary N) is 1. The van der Waals surface area contributed by atoms with Gasteiger partial charge >= 0.3 is 5.97 Å². The van der Waals surface area contributed by atoms with Gasteiger partial charge in [-0.25, -0.2) is 4.79 Å². The van der Waals surface area contributed by atoms with Crippen LogP contribution in [0.2, 0.25) is 0 Å². The minimum atomic E-state index is -1.22. The second kappa shape index (κ2) is 8.53. The van der Waals surface area contributed by atoms with E-state index >= 15 is 0 Å². The molecule has 0 saturated heterocycles. The number of amides is 1. The Bertz CT molecular complexity index is 1200. The van der Waals surface area contributed by atoms with Gasteiger partial charge in [0.15, 0.2) is 0 Å². The van der Waals surface area contributed by atoms with Gasteiger partial charge in [0.1, 0.15) is 23.2 Å². The van der Waals surface area contributed by atoms with Crippen molar-refractivity contribution in [3.05, 3.63) is 87.7 Å². The summed E-state index contributed by atoms with van der Waals surface area (Å²) in [7, 11) is 0. The average Bonchev–Trinajstić information content (AvgIpc) is 3.21. The summed E-state index contributed by atoms with van der Waals surface area (Å²) < 4.78 is 5.59. The standard InChI is InChI=1S/C21H13N3O6/c22-12-14(20(25)23-18-4-2-1-3-17(18)21(26)27)11-16-9-10-19(30-16)13-5-7-15(8-6-13)24(28)29/h1-11H,(H,23,25)(H,26,27)/b14-11+. The first-order chi connectivity index (χ1) is 14.4. The van der Waals surface area contributed by atoms with E-state index in [0.717, 1.165) is 0 Å². The van der Waals surface area contributed by atoms with Crippen LogP contribution in [0.25, 0.3) is 17.4 Å². The van der Waals surface area contributed by atoms with E-state index in [-0.39, 0.29) is 28.3 Å². The van der Waals surface area contributed by atoms with Crippen molar-refractivity contribution in [2.75, 3.05) is 5.32 Å². The lowest BCUT2D eigenvalue weighted by molar-refractivity contribution is -0.384. The minimum absolute atomic E-state index is 0.0576. The lowest BCUT2D eigenvalue weighted by Crippen LogP contribution is -2.16. The van der Waals surface area contributed by atoms with Crippen molar-refractivity contribution in [2.45, 2.75) is 0 Å². The van der Waals surface area contributed by atoms with Gasteiger partial charge in [0.05, 0.1) is 16.2 Å². The van der Waals surface area contributed by atoms with Crippen molar-refractivity contribution in [1.82, 2.24) is 0 Å². The first kappa shape index (κ1) is 20.0. The number of carbonyl (C=O) groups excluding carboxylic acids is 1. The molecular formula is C21H13N3O6. The number of non-ortho nitro benzene ring substituents is 1. The molecule has 30 heavy (non-hydrogen) atoms. The van der Waals surface area contributed by atoms with E-state index in [2.05, 4.69) is 5.32 Å². The summed E-state index contributed by atoms with van der Waals surface area (Å²) in [5, 5.41) is 31.6. The fourth-order valence-corrected chi connectivity index (χ4v) is 2.59. The average molecular weight is 403 g/mol. The molecule has 0 fully saturated rings. The molecule has 9 nitrogen and oxygen atoms in total. The number of nitro groups is 1. The minimum Gasteiger partial charge on any atom is -0.478 e. The molecule has 1 amide bonds. The number of carbonyl (C=O) groups is 2. The lowest BCUT2D eigenvalue weighted by atomic mass is 10.1. The summed E-state index contributed by atoms with van der Waals surface area (Å²) in [6.07, 6.45) is 1.22. The highest BCUT2D eigenvalue weighted by Crippen LogP contribution is 2.25. The van der Waals surface area contributed by atoms with Crippen molar-refractivity contribution < 1.29 is 24.0 Å². The summed E-state index contributed by atoms with van der Waals surface area (Å²) in [4.78, 5) is 33.9. The number of carboxylic acid groups (broad SMARTS) is 1. The van der Waals surface area contributed by atoms with Crippen LogP contribution in [0.1, 0.15) is 16.1 Å². The summed E-state index contributed by atoms with van der Waals surface area (Å²) >= 11 is 0. The van der Waals surface area contributed by atoms with Crippen molar-refractivity contribution in [2.24, 2.45) is 0 Å². The molecule has 0 aliphatic carbocycles. The molecule has 9 heteroatoms. The number of furan rings is 1. The van der Waals surface area contributed by atoms with Crippen molar-refractivity contribution >= 4 is 29.3 Å². The molecule has 0 unspecified atom stereocenters. The van der Waals surface area contributed by atoms with Gasteiger partial charge < -0.3 is 14.8 Å². The van der Waals surface area contributed by atoms with Gasteiger partial charge in [0.25, 0.3) is 11.6 Å². The molecule has 0 radical (unpaired) electrons. The lowest BCUT2D eigenvalue weighted by Gasteiger charge is -2.07. The maximum Gasteiger partial charge on any atom is 0.337 e. The first-order valence-electron chi connectivity index (χ1n) is 8.49.